The molecule has 2 aromatic carbocycles. The van der Waals surface area contributed by atoms with Crippen LogP contribution in [-0.4, -0.2) is 47.9 Å². The maximum absolute atomic E-state index is 13.2. The van der Waals surface area contributed by atoms with Gasteiger partial charge in [0.05, 0.1) is 42.7 Å². The van der Waals surface area contributed by atoms with E-state index in [9.17, 15) is 13.2 Å². The molecular weight excluding hydrogens is 448 g/mol. The largest absolute Gasteiger partial charge is 0.492 e. The highest BCUT2D eigenvalue weighted by Crippen LogP contribution is 2.40. The van der Waals surface area contributed by atoms with Gasteiger partial charge in [0, 0.05) is 36.7 Å². The van der Waals surface area contributed by atoms with Crippen molar-refractivity contribution in [3.8, 4) is 11.5 Å². The standard InChI is InChI=1S/C23H26N2O7S/c1-3-30-21-15-19(25-9-11-29-12-10-25)22(31-4-2)14-18(21)24-33(27,28)17-6-7-20-16(13-17)5-8-23(26)32-20/h5-8,13-15,24H,3-4,9-12H2,1-2H3. The molecule has 1 N–H and O–H groups in total. The number of hydrogen-bond acceptors (Lipinski definition) is 8. The summed E-state index contributed by atoms with van der Waals surface area (Å²) in [6, 6.07) is 10.5. The van der Waals surface area contributed by atoms with Crippen molar-refractivity contribution in [3.05, 3.63) is 52.9 Å². The molecule has 33 heavy (non-hydrogen) atoms. The zero-order valence-corrected chi connectivity index (χ0v) is 19.3. The Kier molecular flexibility index (Phi) is 6.75. The van der Waals surface area contributed by atoms with Gasteiger partial charge in [-0.3, -0.25) is 4.72 Å². The molecule has 0 spiro atoms. The molecule has 176 valence electrons. The number of sulfonamides is 1. The number of benzene rings is 2. The zero-order chi connectivity index (χ0) is 23.4. The third-order valence-corrected chi connectivity index (χ3v) is 6.52. The predicted octanol–water partition coefficient (Wildman–Crippen LogP) is 3.23. The molecule has 0 amide bonds. The smallest absolute Gasteiger partial charge is 0.336 e. The van der Waals surface area contributed by atoms with Crippen molar-refractivity contribution >= 4 is 32.4 Å². The predicted molar refractivity (Wildman–Crippen MR) is 125 cm³/mol. The lowest BCUT2D eigenvalue weighted by molar-refractivity contribution is 0.122. The van der Waals surface area contributed by atoms with Gasteiger partial charge in [0.25, 0.3) is 10.0 Å². The topological polar surface area (TPSA) is 107 Å². The number of ether oxygens (including phenoxy) is 3. The molecule has 4 rings (SSSR count). The highest BCUT2D eigenvalue weighted by Gasteiger charge is 2.23. The van der Waals surface area contributed by atoms with Crippen LogP contribution >= 0.6 is 0 Å². The number of anilines is 2. The number of morpholine rings is 1. The van der Waals surface area contributed by atoms with Gasteiger partial charge in [-0.05, 0) is 38.1 Å². The molecule has 10 heteroatoms. The SMILES string of the molecule is CCOc1cc(N2CCOCC2)c(OCC)cc1NS(=O)(=O)c1ccc2oc(=O)ccc2c1. The Morgan fingerprint density at radius 1 is 0.970 bits per heavy atom. The van der Waals surface area contributed by atoms with Crippen molar-refractivity contribution in [1.29, 1.82) is 0 Å². The number of hydrogen-bond donors (Lipinski definition) is 1. The minimum absolute atomic E-state index is 0.0292. The van der Waals surface area contributed by atoms with Crippen molar-refractivity contribution in [1.82, 2.24) is 0 Å². The Bertz CT molecular complexity index is 1300. The Balaban J connectivity index is 1.72. The van der Waals surface area contributed by atoms with E-state index in [4.69, 9.17) is 18.6 Å². The normalized spacial score (nSPS) is 14.3. The van der Waals surface area contributed by atoms with Gasteiger partial charge in [-0.15, -0.1) is 0 Å². The van der Waals surface area contributed by atoms with E-state index < -0.39 is 15.6 Å². The lowest BCUT2D eigenvalue weighted by Gasteiger charge is -2.31. The van der Waals surface area contributed by atoms with Gasteiger partial charge in [0.15, 0.2) is 0 Å². The average Bonchev–Trinajstić information content (AvgIpc) is 2.81. The second-order valence-electron chi connectivity index (χ2n) is 7.34. The van der Waals surface area contributed by atoms with E-state index in [0.29, 0.717) is 62.0 Å². The summed E-state index contributed by atoms with van der Waals surface area (Å²) in [6.45, 7) is 7.09. The first-order valence-electron chi connectivity index (χ1n) is 10.7. The van der Waals surface area contributed by atoms with Crippen LogP contribution in [0.15, 0.2) is 56.6 Å². The fourth-order valence-electron chi connectivity index (χ4n) is 3.65. The molecule has 1 aliphatic rings. The van der Waals surface area contributed by atoms with Crippen LogP contribution in [0.2, 0.25) is 0 Å². The Labute approximate surface area is 191 Å². The van der Waals surface area contributed by atoms with Gasteiger partial charge in [-0.2, -0.15) is 0 Å². The van der Waals surface area contributed by atoms with Gasteiger partial charge in [0.2, 0.25) is 0 Å². The van der Waals surface area contributed by atoms with Crippen LogP contribution < -0.4 is 24.7 Å². The molecule has 2 heterocycles. The summed E-state index contributed by atoms with van der Waals surface area (Å²) in [5.74, 6) is 0.957. The first kappa shape index (κ1) is 22.9. The van der Waals surface area contributed by atoms with Crippen LogP contribution in [0, 0.1) is 0 Å². The highest BCUT2D eigenvalue weighted by atomic mass is 32.2. The minimum atomic E-state index is -3.96. The van der Waals surface area contributed by atoms with Gasteiger partial charge in [-0.25, -0.2) is 13.2 Å². The Morgan fingerprint density at radius 2 is 1.70 bits per heavy atom. The number of nitrogens with zero attached hydrogens (tertiary/aromatic N) is 1. The summed E-state index contributed by atoms with van der Waals surface area (Å²) < 4.78 is 51.2. The van der Waals surface area contributed by atoms with Crippen molar-refractivity contribution in [2.75, 3.05) is 49.1 Å². The van der Waals surface area contributed by atoms with E-state index in [1.807, 2.05) is 13.8 Å². The number of nitrogens with one attached hydrogen (secondary N) is 1. The van der Waals surface area contributed by atoms with Gasteiger partial charge >= 0.3 is 5.63 Å². The summed E-state index contributed by atoms with van der Waals surface area (Å²) in [7, 11) is -3.96. The van der Waals surface area contributed by atoms with E-state index >= 15 is 0 Å². The molecule has 1 aromatic heterocycles. The Morgan fingerprint density at radius 3 is 2.42 bits per heavy atom. The van der Waals surface area contributed by atoms with Gasteiger partial charge in [-0.1, -0.05) is 0 Å². The molecule has 0 atom stereocenters. The first-order chi connectivity index (χ1) is 15.9. The van der Waals surface area contributed by atoms with E-state index in [0.717, 1.165) is 5.69 Å². The summed E-state index contributed by atoms with van der Waals surface area (Å²) in [4.78, 5) is 13.6. The third-order valence-electron chi connectivity index (χ3n) is 5.16. The lowest BCUT2D eigenvalue weighted by Crippen LogP contribution is -2.36. The first-order valence-corrected chi connectivity index (χ1v) is 12.2. The summed E-state index contributed by atoms with van der Waals surface area (Å²) >= 11 is 0. The molecule has 1 saturated heterocycles. The lowest BCUT2D eigenvalue weighted by atomic mass is 10.2. The molecule has 0 saturated carbocycles. The maximum atomic E-state index is 13.2. The second kappa shape index (κ2) is 9.72. The summed E-state index contributed by atoms with van der Waals surface area (Å²) in [6.07, 6.45) is 0. The minimum Gasteiger partial charge on any atom is -0.492 e. The fraction of sp³-hybridized carbons (Fsp3) is 0.348. The van der Waals surface area contributed by atoms with Crippen LogP contribution in [0.25, 0.3) is 11.0 Å². The third kappa shape index (κ3) is 5.07. The monoisotopic (exact) mass is 474 g/mol. The molecule has 1 aliphatic heterocycles. The number of fused-ring (bicyclic) bond motifs is 1. The van der Waals surface area contributed by atoms with Crippen molar-refractivity contribution in [2.45, 2.75) is 18.7 Å². The van der Waals surface area contributed by atoms with Crippen LogP contribution in [0.3, 0.4) is 0 Å². The molecular formula is C23H26N2O7S. The van der Waals surface area contributed by atoms with Crippen LogP contribution in [0.4, 0.5) is 11.4 Å². The molecule has 0 bridgehead atoms. The average molecular weight is 475 g/mol. The summed E-state index contributed by atoms with van der Waals surface area (Å²) in [5.41, 5.74) is 0.913. The molecule has 0 aliphatic carbocycles. The fourth-order valence-corrected chi connectivity index (χ4v) is 4.74. The molecule has 0 unspecified atom stereocenters. The van der Waals surface area contributed by atoms with E-state index in [1.54, 1.807) is 12.1 Å². The van der Waals surface area contributed by atoms with Crippen LogP contribution in [0.1, 0.15) is 13.8 Å². The van der Waals surface area contributed by atoms with Crippen molar-refractivity contribution in [2.24, 2.45) is 0 Å². The van der Waals surface area contributed by atoms with Gasteiger partial charge in [0.1, 0.15) is 17.1 Å². The molecule has 9 nitrogen and oxygen atoms in total. The molecule has 1 fully saturated rings. The molecule has 3 aromatic rings. The van der Waals surface area contributed by atoms with Crippen LogP contribution in [0.5, 0.6) is 11.5 Å². The summed E-state index contributed by atoms with van der Waals surface area (Å²) in [5, 5.41) is 0.500. The highest BCUT2D eigenvalue weighted by molar-refractivity contribution is 7.92. The molecule has 0 radical (unpaired) electrons. The van der Waals surface area contributed by atoms with E-state index in [1.165, 1.54) is 30.3 Å². The van der Waals surface area contributed by atoms with E-state index in [2.05, 4.69) is 9.62 Å². The van der Waals surface area contributed by atoms with Crippen molar-refractivity contribution < 1.29 is 27.0 Å². The Hall–Kier alpha value is -3.24. The van der Waals surface area contributed by atoms with Crippen molar-refractivity contribution in [3.63, 3.8) is 0 Å². The van der Waals surface area contributed by atoms with Gasteiger partial charge < -0.3 is 23.5 Å². The van der Waals surface area contributed by atoms with Crippen LogP contribution in [-0.2, 0) is 14.8 Å². The second-order valence-corrected chi connectivity index (χ2v) is 9.02. The quantitative estimate of drug-likeness (QED) is 0.496. The number of rotatable bonds is 8. The maximum Gasteiger partial charge on any atom is 0.336 e. The zero-order valence-electron chi connectivity index (χ0n) is 18.5. The van der Waals surface area contributed by atoms with E-state index in [-0.39, 0.29) is 10.6 Å².